The van der Waals surface area contributed by atoms with Gasteiger partial charge in [-0.15, -0.1) is 0 Å². The van der Waals surface area contributed by atoms with Crippen LogP contribution in [0.2, 0.25) is 0 Å². The molecule has 0 unspecified atom stereocenters. The van der Waals surface area contributed by atoms with Gasteiger partial charge in [-0.05, 0) is 45.8 Å². The Morgan fingerprint density at radius 1 is 1.00 bits per heavy atom. The number of hydrogen-bond acceptors (Lipinski definition) is 2. The Balaban J connectivity index is 5.36. The highest BCUT2D eigenvalue weighted by Gasteiger charge is 2.02. The maximum Gasteiger partial charge on any atom is 0.0867 e. The van der Waals surface area contributed by atoms with E-state index in [0.29, 0.717) is 0 Å². The normalized spacial score (nSPS) is 14.1. The predicted molar refractivity (Wildman–Crippen MR) is 69.6 cm³/mol. The number of rotatable bonds is 4. The Hall–Kier alpha value is -1.44. The standard InChI is InChI=1S/C13H20N2/c1-8-14-12(7)13(10(4)5)15-11(6)9(2)3/h8H,2,4H2,1,3,5-7H3/b13-12+,14-8-,15-11+. The second-order valence-corrected chi connectivity index (χ2v) is 3.58. The van der Waals surface area contributed by atoms with E-state index in [1.165, 1.54) is 0 Å². The molecule has 0 aliphatic carbocycles. The third kappa shape index (κ3) is 4.54. The first-order valence-electron chi connectivity index (χ1n) is 4.96. The second-order valence-electron chi connectivity index (χ2n) is 3.58. The lowest BCUT2D eigenvalue weighted by atomic mass is 10.2. The van der Waals surface area contributed by atoms with Crippen LogP contribution in [0.3, 0.4) is 0 Å². The van der Waals surface area contributed by atoms with Gasteiger partial charge in [0.1, 0.15) is 0 Å². The summed E-state index contributed by atoms with van der Waals surface area (Å²) in [6.07, 6.45) is 1.75. The van der Waals surface area contributed by atoms with Crippen LogP contribution in [0.4, 0.5) is 0 Å². The molecule has 0 aliphatic heterocycles. The molecular formula is C13H20N2. The first-order valence-corrected chi connectivity index (χ1v) is 4.96. The summed E-state index contributed by atoms with van der Waals surface area (Å²) in [5, 5.41) is 0. The Kier molecular flexibility index (Phi) is 5.53. The predicted octanol–water partition coefficient (Wildman–Crippen LogP) is 3.92. The quantitative estimate of drug-likeness (QED) is 0.490. The van der Waals surface area contributed by atoms with Gasteiger partial charge >= 0.3 is 0 Å². The lowest BCUT2D eigenvalue weighted by Crippen LogP contribution is -1.95. The van der Waals surface area contributed by atoms with Gasteiger partial charge in [-0.2, -0.15) is 0 Å². The number of allylic oxidation sites excluding steroid dienone is 3. The molecule has 0 radical (unpaired) electrons. The van der Waals surface area contributed by atoms with Crippen LogP contribution in [0.15, 0.2) is 45.7 Å². The molecule has 0 spiro atoms. The molecule has 0 aromatic heterocycles. The molecule has 0 aromatic rings. The van der Waals surface area contributed by atoms with Gasteiger partial charge < -0.3 is 0 Å². The fraction of sp³-hybridized carbons (Fsp3) is 0.385. The summed E-state index contributed by atoms with van der Waals surface area (Å²) in [7, 11) is 0. The van der Waals surface area contributed by atoms with Crippen LogP contribution in [0.1, 0.15) is 34.6 Å². The Labute approximate surface area is 92.8 Å². The SMILES string of the molecule is C=C(C)/C(C)=N/C(C(=C)C)=C(C)/N=C\C. The maximum absolute atomic E-state index is 4.48. The minimum atomic E-state index is 0.841. The number of aliphatic imine (C=N–C) groups is 2. The molecule has 0 N–H and O–H groups in total. The average molecular weight is 204 g/mol. The summed E-state index contributed by atoms with van der Waals surface area (Å²) in [4.78, 5) is 8.69. The van der Waals surface area contributed by atoms with Crippen molar-refractivity contribution in [3.05, 3.63) is 35.7 Å². The molecule has 0 saturated heterocycles. The summed E-state index contributed by atoms with van der Waals surface area (Å²) in [5.74, 6) is 0. The Bertz CT molecular complexity index is 355. The number of nitrogens with zero attached hydrogens (tertiary/aromatic N) is 2. The van der Waals surface area contributed by atoms with Gasteiger partial charge in [0.15, 0.2) is 0 Å². The van der Waals surface area contributed by atoms with Crippen LogP contribution in [0.25, 0.3) is 0 Å². The molecule has 0 fully saturated rings. The van der Waals surface area contributed by atoms with Crippen molar-refractivity contribution in [3.8, 4) is 0 Å². The van der Waals surface area contributed by atoms with Gasteiger partial charge in [-0.25, -0.2) is 0 Å². The smallest absolute Gasteiger partial charge is 0.0867 e. The minimum absolute atomic E-state index is 0.841. The third-order valence-corrected chi connectivity index (χ3v) is 1.97. The molecule has 0 heterocycles. The summed E-state index contributed by atoms with van der Waals surface area (Å²) in [6.45, 7) is 17.4. The lowest BCUT2D eigenvalue weighted by molar-refractivity contribution is 1.16. The largest absolute Gasteiger partial charge is 0.264 e. The van der Waals surface area contributed by atoms with Crippen LogP contribution in [-0.4, -0.2) is 11.9 Å². The Morgan fingerprint density at radius 3 is 1.87 bits per heavy atom. The van der Waals surface area contributed by atoms with Crippen molar-refractivity contribution in [2.75, 3.05) is 0 Å². The van der Waals surface area contributed by atoms with E-state index in [1.54, 1.807) is 6.21 Å². The van der Waals surface area contributed by atoms with Gasteiger partial charge in [-0.1, -0.05) is 13.2 Å². The highest BCUT2D eigenvalue weighted by Crippen LogP contribution is 2.16. The molecule has 0 bridgehead atoms. The molecule has 0 atom stereocenters. The molecular weight excluding hydrogens is 184 g/mol. The maximum atomic E-state index is 4.48. The zero-order valence-electron chi connectivity index (χ0n) is 10.4. The highest BCUT2D eigenvalue weighted by atomic mass is 14.8. The molecule has 0 aliphatic rings. The Morgan fingerprint density at radius 2 is 1.53 bits per heavy atom. The van der Waals surface area contributed by atoms with E-state index in [1.807, 2.05) is 34.6 Å². The zero-order chi connectivity index (χ0) is 12.0. The van der Waals surface area contributed by atoms with E-state index in [9.17, 15) is 0 Å². The van der Waals surface area contributed by atoms with E-state index in [4.69, 9.17) is 0 Å². The molecule has 0 saturated carbocycles. The number of hydrogen-bond donors (Lipinski definition) is 0. The van der Waals surface area contributed by atoms with E-state index >= 15 is 0 Å². The summed E-state index contributed by atoms with van der Waals surface area (Å²) in [5.41, 5.74) is 4.51. The summed E-state index contributed by atoms with van der Waals surface area (Å²) in [6, 6.07) is 0. The molecule has 82 valence electrons. The van der Waals surface area contributed by atoms with Gasteiger partial charge in [-0.3, -0.25) is 9.98 Å². The van der Waals surface area contributed by atoms with Gasteiger partial charge in [0, 0.05) is 11.9 Å². The fourth-order valence-electron chi connectivity index (χ4n) is 1.00. The topological polar surface area (TPSA) is 24.7 Å². The van der Waals surface area contributed by atoms with Crippen LogP contribution in [0.5, 0.6) is 0 Å². The first-order chi connectivity index (χ1) is 6.90. The molecule has 2 nitrogen and oxygen atoms in total. The molecule has 0 amide bonds. The van der Waals surface area contributed by atoms with Crippen LogP contribution in [0, 0.1) is 0 Å². The van der Waals surface area contributed by atoms with Gasteiger partial charge in [0.25, 0.3) is 0 Å². The summed E-state index contributed by atoms with van der Waals surface area (Å²) < 4.78 is 0. The zero-order valence-corrected chi connectivity index (χ0v) is 10.4. The van der Waals surface area contributed by atoms with Gasteiger partial charge in [0.2, 0.25) is 0 Å². The fourth-order valence-corrected chi connectivity index (χ4v) is 1.00. The van der Waals surface area contributed by atoms with Crippen LogP contribution >= 0.6 is 0 Å². The monoisotopic (exact) mass is 204 g/mol. The highest BCUT2D eigenvalue weighted by molar-refractivity contribution is 5.98. The van der Waals surface area contributed by atoms with Crippen molar-refractivity contribution in [2.24, 2.45) is 9.98 Å². The van der Waals surface area contributed by atoms with Crippen molar-refractivity contribution in [1.82, 2.24) is 0 Å². The van der Waals surface area contributed by atoms with Crippen molar-refractivity contribution in [3.63, 3.8) is 0 Å². The van der Waals surface area contributed by atoms with Gasteiger partial charge in [0.05, 0.1) is 11.4 Å². The van der Waals surface area contributed by atoms with Crippen LogP contribution in [-0.2, 0) is 0 Å². The van der Waals surface area contributed by atoms with E-state index in [2.05, 4.69) is 23.1 Å². The van der Waals surface area contributed by atoms with E-state index in [-0.39, 0.29) is 0 Å². The first kappa shape index (κ1) is 13.6. The molecule has 0 aromatic carbocycles. The van der Waals surface area contributed by atoms with Crippen molar-refractivity contribution < 1.29 is 0 Å². The average Bonchev–Trinajstić information content (AvgIpc) is 2.13. The molecule has 15 heavy (non-hydrogen) atoms. The lowest BCUT2D eigenvalue weighted by Gasteiger charge is -2.06. The minimum Gasteiger partial charge on any atom is -0.264 e. The van der Waals surface area contributed by atoms with Crippen molar-refractivity contribution in [2.45, 2.75) is 34.6 Å². The van der Waals surface area contributed by atoms with E-state index < -0.39 is 0 Å². The molecule has 0 rings (SSSR count). The van der Waals surface area contributed by atoms with Crippen molar-refractivity contribution in [1.29, 1.82) is 0 Å². The van der Waals surface area contributed by atoms with E-state index in [0.717, 1.165) is 28.3 Å². The second kappa shape index (κ2) is 6.12. The van der Waals surface area contributed by atoms with Crippen LogP contribution < -0.4 is 0 Å². The third-order valence-electron chi connectivity index (χ3n) is 1.97. The summed E-state index contributed by atoms with van der Waals surface area (Å²) >= 11 is 0. The van der Waals surface area contributed by atoms with Crippen molar-refractivity contribution >= 4 is 11.9 Å². The molecule has 2 heteroatoms.